The van der Waals surface area contributed by atoms with Crippen LogP contribution in [-0.4, -0.2) is 23.0 Å². The normalized spacial score (nSPS) is 11.1. The van der Waals surface area contributed by atoms with Crippen LogP contribution in [0.4, 0.5) is 0 Å². The Morgan fingerprint density at radius 1 is 1.06 bits per heavy atom. The third-order valence-corrected chi connectivity index (χ3v) is 5.77. The van der Waals surface area contributed by atoms with Gasteiger partial charge < -0.3 is 18.6 Å². The van der Waals surface area contributed by atoms with Crippen molar-refractivity contribution in [2.45, 2.75) is 46.8 Å². The van der Waals surface area contributed by atoms with Gasteiger partial charge in [-0.2, -0.15) is 0 Å². The molecule has 0 spiro atoms. The molecule has 1 amide bonds. The fraction of sp³-hybridized carbons (Fsp3) is 0.308. The predicted octanol–water partition coefficient (Wildman–Crippen LogP) is 5.38. The standard InChI is InChI=1S/C26H28N2O4/c1-5-24-22(21-8-6-7-9-25(21)31-24)15-28(4)26(29)14-19-10-12-20(13-11-19)30-16-23-17(2)27-32-18(23)3/h6-13H,5,14-16H2,1-4H3. The van der Waals surface area contributed by atoms with Crippen molar-refractivity contribution in [2.24, 2.45) is 0 Å². The summed E-state index contributed by atoms with van der Waals surface area (Å²) in [6.07, 6.45) is 1.12. The van der Waals surface area contributed by atoms with Crippen LogP contribution in [0.15, 0.2) is 57.5 Å². The van der Waals surface area contributed by atoms with E-state index < -0.39 is 0 Å². The van der Waals surface area contributed by atoms with Gasteiger partial charge in [-0.3, -0.25) is 4.79 Å². The summed E-state index contributed by atoms with van der Waals surface area (Å²) >= 11 is 0. The quantitative estimate of drug-likeness (QED) is 0.374. The number of furan rings is 1. The Morgan fingerprint density at radius 2 is 1.81 bits per heavy atom. The molecule has 2 aromatic carbocycles. The van der Waals surface area contributed by atoms with Crippen LogP contribution in [0.2, 0.25) is 0 Å². The topological polar surface area (TPSA) is 68.7 Å². The van der Waals surface area contributed by atoms with E-state index in [1.54, 1.807) is 4.90 Å². The summed E-state index contributed by atoms with van der Waals surface area (Å²) in [6.45, 7) is 6.77. The first-order valence-electron chi connectivity index (χ1n) is 10.8. The number of hydrogen-bond donors (Lipinski definition) is 0. The van der Waals surface area contributed by atoms with E-state index in [0.717, 1.165) is 57.0 Å². The van der Waals surface area contributed by atoms with E-state index in [-0.39, 0.29) is 5.91 Å². The van der Waals surface area contributed by atoms with Crippen LogP contribution >= 0.6 is 0 Å². The summed E-state index contributed by atoms with van der Waals surface area (Å²) < 4.78 is 17.0. The summed E-state index contributed by atoms with van der Waals surface area (Å²) in [4.78, 5) is 14.6. The van der Waals surface area contributed by atoms with E-state index in [9.17, 15) is 4.79 Å². The zero-order chi connectivity index (χ0) is 22.7. The van der Waals surface area contributed by atoms with Crippen molar-refractivity contribution < 1.29 is 18.5 Å². The number of benzene rings is 2. The molecule has 0 saturated carbocycles. The van der Waals surface area contributed by atoms with Crippen LogP contribution in [0, 0.1) is 13.8 Å². The highest BCUT2D eigenvalue weighted by molar-refractivity contribution is 5.83. The van der Waals surface area contributed by atoms with Gasteiger partial charge in [0, 0.05) is 31.0 Å². The summed E-state index contributed by atoms with van der Waals surface area (Å²) in [5, 5.41) is 5.02. The fourth-order valence-corrected chi connectivity index (χ4v) is 3.81. The number of aromatic nitrogens is 1. The number of hydrogen-bond acceptors (Lipinski definition) is 5. The van der Waals surface area contributed by atoms with Gasteiger partial charge in [0.1, 0.15) is 29.5 Å². The maximum Gasteiger partial charge on any atom is 0.227 e. The minimum atomic E-state index is 0.0572. The molecule has 0 saturated heterocycles. The number of likely N-dealkylation sites (N-methyl/N-ethyl adjacent to an activating group) is 1. The van der Waals surface area contributed by atoms with E-state index >= 15 is 0 Å². The Morgan fingerprint density at radius 3 is 2.50 bits per heavy atom. The van der Waals surface area contributed by atoms with Crippen LogP contribution in [0.3, 0.4) is 0 Å². The Hall–Kier alpha value is -3.54. The van der Waals surface area contributed by atoms with Gasteiger partial charge in [0.2, 0.25) is 5.91 Å². The lowest BCUT2D eigenvalue weighted by atomic mass is 10.1. The molecule has 0 bridgehead atoms. The lowest BCUT2D eigenvalue weighted by Gasteiger charge is -2.17. The molecule has 2 heterocycles. The number of amides is 1. The summed E-state index contributed by atoms with van der Waals surface area (Å²) in [5.74, 6) is 2.50. The maximum absolute atomic E-state index is 12.9. The molecular formula is C26H28N2O4. The van der Waals surface area contributed by atoms with Crippen molar-refractivity contribution in [3.8, 4) is 5.75 Å². The highest BCUT2D eigenvalue weighted by Gasteiger charge is 2.17. The lowest BCUT2D eigenvalue weighted by Crippen LogP contribution is -2.28. The Labute approximate surface area is 187 Å². The van der Waals surface area contributed by atoms with E-state index in [4.69, 9.17) is 13.7 Å². The van der Waals surface area contributed by atoms with Crippen molar-refractivity contribution in [2.75, 3.05) is 7.05 Å². The molecule has 4 rings (SSSR count). The number of para-hydroxylation sites is 1. The number of ether oxygens (including phenoxy) is 1. The number of aryl methyl sites for hydroxylation is 3. The minimum absolute atomic E-state index is 0.0572. The number of carbonyl (C=O) groups excluding carboxylic acids is 1. The molecule has 32 heavy (non-hydrogen) atoms. The summed E-state index contributed by atoms with van der Waals surface area (Å²) in [7, 11) is 1.84. The van der Waals surface area contributed by atoms with Crippen LogP contribution < -0.4 is 4.74 Å². The maximum atomic E-state index is 12.9. The van der Waals surface area contributed by atoms with Crippen molar-refractivity contribution in [1.29, 1.82) is 0 Å². The molecule has 0 radical (unpaired) electrons. The van der Waals surface area contributed by atoms with Crippen LogP contribution in [0.1, 0.15) is 40.8 Å². The Bertz CT molecular complexity index is 1200. The molecule has 0 aliphatic rings. The van der Waals surface area contributed by atoms with Gasteiger partial charge in [0.25, 0.3) is 0 Å². The van der Waals surface area contributed by atoms with E-state index in [2.05, 4.69) is 12.1 Å². The first-order valence-corrected chi connectivity index (χ1v) is 10.8. The zero-order valence-electron chi connectivity index (χ0n) is 19.0. The number of carbonyl (C=O) groups is 1. The molecule has 2 aromatic heterocycles. The van der Waals surface area contributed by atoms with Gasteiger partial charge in [-0.25, -0.2) is 0 Å². The highest BCUT2D eigenvalue weighted by Crippen LogP contribution is 2.27. The average molecular weight is 433 g/mol. The SMILES string of the molecule is CCc1oc2ccccc2c1CN(C)C(=O)Cc1ccc(OCc2c(C)noc2C)cc1. The second-order valence-corrected chi connectivity index (χ2v) is 8.02. The van der Waals surface area contributed by atoms with Crippen LogP contribution in [0.5, 0.6) is 5.75 Å². The van der Waals surface area contributed by atoms with Gasteiger partial charge in [0.15, 0.2) is 0 Å². The van der Waals surface area contributed by atoms with Crippen LogP contribution in [-0.2, 0) is 30.8 Å². The molecule has 0 unspecified atom stereocenters. The smallest absolute Gasteiger partial charge is 0.227 e. The zero-order valence-corrected chi connectivity index (χ0v) is 19.0. The first-order chi connectivity index (χ1) is 15.5. The molecule has 0 atom stereocenters. The molecular weight excluding hydrogens is 404 g/mol. The third kappa shape index (κ3) is 4.54. The van der Waals surface area contributed by atoms with Crippen LogP contribution in [0.25, 0.3) is 11.0 Å². The van der Waals surface area contributed by atoms with Gasteiger partial charge in [-0.05, 0) is 37.6 Å². The largest absolute Gasteiger partial charge is 0.489 e. The van der Waals surface area contributed by atoms with Crippen molar-refractivity contribution >= 4 is 16.9 Å². The van der Waals surface area contributed by atoms with Gasteiger partial charge >= 0.3 is 0 Å². The molecule has 0 fully saturated rings. The molecule has 0 aliphatic heterocycles. The molecule has 0 N–H and O–H groups in total. The first kappa shape index (κ1) is 21.7. The van der Waals surface area contributed by atoms with Crippen molar-refractivity contribution in [3.05, 3.63) is 82.4 Å². The molecule has 166 valence electrons. The van der Waals surface area contributed by atoms with E-state index in [0.29, 0.717) is 19.6 Å². The van der Waals surface area contributed by atoms with E-state index in [1.165, 1.54) is 0 Å². The van der Waals surface area contributed by atoms with Crippen molar-refractivity contribution in [3.63, 3.8) is 0 Å². The van der Waals surface area contributed by atoms with E-state index in [1.807, 2.05) is 69.4 Å². The summed E-state index contributed by atoms with van der Waals surface area (Å²) in [5.41, 5.74) is 4.70. The Kier molecular flexibility index (Phi) is 6.30. The molecule has 4 aromatic rings. The second kappa shape index (κ2) is 9.30. The van der Waals surface area contributed by atoms with Crippen molar-refractivity contribution in [1.82, 2.24) is 10.1 Å². The van der Waals surface area contributed by atoms with Gasteiger partial charge in [-0.15, -0.1) is 0 Å². The molecule has 6 nitrogen and oxygen atoms in total. The Balaban J connectivity index is 1.37. The monoisotopic (exact) mass is 432 g/mol. The second-order valence-electron chi connectivity index (χ2n) is 8.02. The number of nitrogens with zero attached hydrogens (tertiary/aromatic N) is 2. The van der Waals surface area contributed by atoms with Gasteiger partial charge in [-0.1, -0.05) is 42.4 Å². The minimum Gasteiger partial charge on any atom is -0.489 e. The van der Waals surface area contributed by atoms with Gasteiger partial charge in [0.05, 0.1) is 17.7 Å². The highest BCUT2D eigenvalue weighted by atomic mass is 16.5. The third-order valence-electron chi connectivity index (χ3n) is 5.77. The average Bonchev–Trinajstić information content (AvgIpc) is 3.32. The summed E-state index contributed by atoms with van der Waals surface area (Å²) in [6, 6.07) is 15.6. The number of fused-ring (bicyclic) bond motifs is 1. The lowest BCUT2D eigenvalue weighted by molar-refractivity contribution is -0.129. The predicted molar refractivity (Wildman–Crippen MR) is 123 cm³/mol. The molecule has 0 aliphatic carbocycles. The fourth-order valence-electron chi connectivity index (χ4n) is 3.81. The number of rotatable bonds is 8. The molecule has 6 heteroatoms.